The van der Waals surface area contributed by atoms with Gasteiger partial charge in [0, 0.05) is 24.3 Å². The largest absolute Gasteiger partial charge is 0.369 e. The second-order valence-corrected chi connectivity index (χ2v) is 5.41. The van der Waals surface area contributed by atoms with Gasteiger partial charge in [-0.2, -0.15) is 0 Å². The lowest BCUT2D eigenvalue weighted by atomic mass is 10.0. The first-order valence-corrected chi connectivity index (χ1v) is 7.32. The number of nitrogens with one attached hydrogen (secondary N) is 1. The van der Waals surface area contributed by atoms with Crippen LogP contribution < -0.4 is 10.2 Å². The zero-order valence-corrected chi connectivity index (χ0v) is 11.9. The van der Waals surface area contributed by atoms with Gasteiger partial charge < -0.3 is 10.2 Å². The summed E-state index contributed by atoms with van der Waals surface area (Å²) in [6.07, 6.45) is 4.04. The van der Waals surface area contributed by atoms with Crippen LogP contribution in [0.25, 0.3) is 0 Å². The van der Waals surface area contributed by atoms with Crippen molar-refractivity contribution in [2.45, 2.75) is 52.1 Å². The molecule has 1 aromatic rings. The Morgan fingerprint density at radius 3 is 2.61 bits per heavy atom. The summed E-state index contributed by atoms with van der Waals surface area (Å²) in [6, 6.07) is 10.2. The monoisotopic (exact) mass is 246 g/mol. The van der Waals surface area contributed by atoms with Crippen molar-refractivity contribution in [1.82, 2.24) is 5.32 Å². The average molecular weight is 246 g/mol. The van der Waals surface area contributed by atoms with E-state index in [2.05, 4.69) is 55.3 Å². The van der Waals surface area contributed by atoms with Crippen LogP contribution in [-0.4, -0.2) is 19.1 Å². The van der Waals surface area contributed by atoms with Gasteiger partial charge in [-0.1, -0.05) is 19.1 Å². The van der Waals surface area contributed by atoms with Crippen molar-refractivity contribution in [3.63, 3.8) is 0 Å². The lowest BCUT2D eigenvalue weighted by Crippen LogP contribution is -2.37. The first-order chi connectivity index (χ1) is 8.72. The van der Waals surface area contributed by atoms with E-state index < -0.39 is 0 Å². The standard InChI is InChI=1S/C16H26N2/c1-4-17-14(3)15-8-10-16(11-9-15)18-12-6-5-7-13(18)2/h8-11,13-14,17H,4-7,12H2,1-3H3. The molecular formula is C16H26N2. The number of rotatable bonds is 4. The van der Waals surface area contributed by atoms with Crippen molar-refractivity contribution in [1.29, 1.82) is 0 Å². The summed E-state index contributed by atoms with van der Waals surface area (Å²) < 4.78 is 0. The summed E-state index contributed by atoms with van der Waals surface area (Å²) in [5.41, 5.74) is 2.76. The molecule has 0 saturated carbocycles. The molecule has 2 heteroatoms. The van der Waals surface area contributed by atoms with Gasteiger partial charge in [-0.3, -0.25) is 0 Å². The van der Waals surface area contributed by atoms with E-state index >= 15 is 0 Å². The van der Waals surface area contributed by atoms with Crippen molar-refractivity contribution >= 4 is 5.69 Å². The summed E-state index contributed by atoms with van der Waals surface area (Å²) in [7, 11) is 0. The van der Waals surface area contributed by atoms with Crippen molar-refractivity contribution in [2.75, 3.05) is 18.0 Å². The third-order valence-electron chi connectivity index (χ3n) is 4.04. The third kappa shape index (κ3) is 3.05. The summed E-state index contributed by atoms with van der Waals surface area (Å²) in [6.45, 7) is 8.95. The SMILES string of the molecule is CCNC(C)c1ccc(N2CCCCC2C)cc1. The van der Waals surface area contributed by atoms with Crippen molar-refractivity contribution in [2.24, 2.45) is 0 Å². The minimum Gasteiger partial charge on any atom is -0.369 e. The topological polar surface area (TPSA) is 15.3 Å². The second kappa shape index (κ2) is 6.24. The number of nitrogens with zero attached hydrogens (tertiary/aromatic N) is 1. The zero-order valence-electron chi connectivity index (χ0n) is 11.9. The maximum absolute atomic E-state index is 3.46. The second-order valence-electron chi connectivity index (χ2n) is 5.41. The Kier molecular flexibility index (Phi) is 4.65. The maximum atomic E-state index is 3.46. The summed E-state index contributed by atoms with van der Waals surface area (Å²) >= 11 is 0. The smallest absolute Gasteiger partial charge is 0.0368 e. The van der Waals surface area contributed by atoms with E-state index in [0.717, 1.165) is 6.54 Å². The summed E-state index contributed by atoms with van der Waals surface area (Å²) in [4.78, 5) is 2.55. The molecule has 1 N–H and O–H groups in total. The van der Waals surface area contributed by atoms with Crippen LogP contribution in [0.5, 0.6) is 0 Å². The van der Waals surface area contributed by atoms with Gasteiger partial charge in [-0.25, -0.2) is 0 Å². The van der Waals surface area contributed by atoms with Gasteiger partial charge in [-0.15, -0.1) is 0 Å². The lowest BCUT2D eigenvalue weighted by molar-refractivity contribution is 0.485. The average Bonchev–Trinajstić information content (AvgIpc) is 2.40. The van der Waals surface area contributed by atoms with Crippen LogP contribution in [0.3, 0.4) is 0 Å². The van der Waals surface area contributed by atoms with Gasteiger partial charge in [0.1, 0.15) is 0 Å². The Balaban J connectivity index is 2.06. The molecule has 0 aromatic heterocycles. The molecule has 0 aliphatic carbocycles. The molecule has 0 bridgehead atoms. The van der Waals surface area contributed by atoms with E-state index in [9.17, 15) is 0 Å². The van der Waals surface area contributed by atoms with E-state index in [1.807, 2.05) is 0 Å². The minimum atomic E-state index is 0.447. The predicted octanol–water partition coefficient (Wildman–Crippen LogP) is 3.74. The molecule has 1 fully saturated rings. The van der Waals surface area contributed by atoms with Crippen molar-refractivity contribution < 1.29 is 0 Å². The predicted molar refractivity (Wildman–Crippen MR) is 79.2 cm³/mol. The van der Waals surface area contributed by atoms with Gasteiger partial charge in [0.15, 0.2) is 0 Å². The Labute approximate surface area is 111 Å². The molecule has 2 atom stereocenters. The highest BCUT2D eigenvalue weighted by atomic mass is 15.2. The number of hydrogen-bond donors (Lipinski definition) is 1. The Morgan fingerprint density at radius 2 is 2.00 bits per heavy atom. The number of anilines is 1. The fourth-order valence-corrected chi connectivity index (χ4v) is 2.86. The lowest BCUT2D eigenvalue weighted by Gasteiger charge is -2.35. The summed E-state index contributed by atoms with van der Waals surface area (Å²) in [5.74, 6) is 0. The molecule has 1 aliphatic rings. The van der Waals surface area contributed by atoms with Gasteiger partial charge in [0.25, 0.3) is 0 Å². The number of hydrogen-bond acceptors (Lipinski definition) is 2. The van der Waals surface area contributed by atoms with Gasteiger partial charge in [-0.05, 0) is 57.4 Å². The molecule has 2 nitrogen and oxygen atoms in total. The molecule has 100 valence electrons. The van der Waals surface area contributed by atoms with E-state index in [4.69, 9.17) is 0 Å². The molecule has 1 heterocycles. The van der Waals surface area contributed by atoms with E-state index in [-0.39, 0.29) is 0 Å². The highest BCUT2D eigenvalue weighted by molar-refractivity contribution is 5.49. The first-order valence-electron chi connectivity index (χ1n) is 7.32. The van der Waals surface area contributed by atoms with Crippen LogP contribution >= 0.6 is 0 Å². The Bertz CT molecular complexity index is 358. The van der Waals surface area contributed by atoms with Gasteiger partial charge in [0.05, 0.1) is 0 Å². The van der Waals surface area contributed by atoms with Crippen LogP contribution in [0.2, 0.25) is 0 Å². The van der Waals surface area contributed by atoms with Gasteiger partial charge >= 0.3 is 0 Å². The highest BCUT2D eigenvalue weighted by Gasteiger charge is 2.18. The fourth-order valence-electron chi connectivity index (χ4n) is 2.86. The normalized spacial score (nSPS) is 21.9. The molecular weight excluding hydrogens is 220 g/mol. The maximum Gasteiger partial charge on any atom is 0.0368 e. The van der Waals surface area contributed by atoms with Crippen LogP contribution in [0.1, 0.15) is 51.6 Å². The molecule has 2 unspecified atom stereocenters. The first kappa shape index (κ1) is 13.4. The minimum absolute atomic E-state index is 0.447. The van der Waals surface area contributed by atoms with E-state index in [1.54, 1.807) is 0 Å². The molecule has 0 radical (unpaired) electrons. The molecule has 1 aliphatic heterocycles. The van der Waals surface area contributed by atoms with Crippen LogP contribution in [0, 0.1) is 0 Å². The molecule has 1 aromatic carbocycles. The van der Waals surface area contributed by atoms with Crippen LogP contribution in [0.15, 0.2) is 24.3 Å². The molecule has 0 spiro atoms. The highest BCUT2D eigenvalue weighted by Crippen LogP contribution is 2.25. The van der Waals surface area contributed by atoms with E-state index in [1.165, 1.54) is 37.1 Å². The zero-order chi connectivity index (χ0) is 13.0. The molecule has 18 heavy (non-hydrogen) atoms. The number of benzene rings is 1. The van der Waals surface area contributed by atoms with Crippen molar-refractivity contribution in [3.05, 3.63) is 29.8 Å². The molecule has 0 amide bonds. The number of piperidine rings is 1. The van der Waals surface area contributed by atoms with Gasteiger partial charge in [0.2, 0.25) is 0 Å². The molecule has 1 saturated heterocycles. The van der Waals surface area contributed by atoms with Crippen LogP contribution in [0.4, 0.5) is 5.69 Å². The van der Waals surface area contributed by atoms with E-state index in [0.29, 0.717) is 12.1 Å². The summed E-state index contributed by atoms with van der Waals surface area (Å²) in [5, 5.41) is 3.46. The van der Waals surface area contributed by atoms with Crippen molar-refractivity contribution in [3.8, 4) is 0 Å². The Morgan fingerprint density at radius 1 is 1.28 bits per heavy atom. The fraction of sp³-hybridized carbons (Fsp3) is 0.625. The molecule has 2 rings (SSSR count). The quantitative estimate of drug-likeness (QED) is 0.870. The third-order valence-corrected chi connectivity index (χ3v) is 4.04. The Hall–Kier alpha value is -1.02. The van der Waals surface area contributed by atoms with Crippen LogP contribution in [-0.2, 0) is 0 Å².